The van der Waals surface area contributed by atoms with E-state index in [1.54, 1.807) is 0 Å². The molecule has 20 heavy (non-hydrogen) atoms. The van der Waals surface area contributed by atoms with Crippen LogP contribution in [0.5, 0.6) is 0 Å². The van der Waals surface area contributed by atoms with Crippen molar-refractivity contribution in [2.24, 2.45) is 5.92 Å². The van der Waals surface area contributed by atoms with Crippen molar-refractivity contribution in [1.29, 1.82) is 0 Å². The molecule has 0 amide bonds. The fourth-order valence-corrected chi connectivity index (χ4v) is 3.45. The van der Waals surface area contributed by atoms with Crippen LogP contribution in [0.1, 0.15) is 51.5 Å². The van der Waals surface area contributed by atoms with Gasteiger partial charge < -0.3 is 4.98 Å². The van der Waals surface area contributed by atoms with Crippen LogP contribution in [0.3, 0.4) is 0 Å². The van der Waals surface area contributed by atoms with Crippen LogP contribution in [0.15, 0.2) is 18.2 Å². The van der Waals surface area contributed by atoms with Gasteiger partial charge in [-0.3, -0.25) is 4.90 Å². The van der Waals surface area contributed by atoms with E-state index < -0.39 is 0 Å². The number of aryl methyl sites for hydroxylation is 1. The Labute approximate surface area is 121 Å². The number of hydrogen-bond acceptors (Lipinski definition) is 2. The molecule has 3 heteroatoms. The molecule has 0 saturated carbocycles. The van der Waals surface area contributed by atoms with Gasteiger partial charge in [-0.1, -0.05) is 19.1 Å². The lowest BCUT2D eigenvalue weighted by Gasteiger charge is -2.37. The van der Waals surface area contributed by atoms with Crippen LogP contribution in [-0.4, -0.2) is 27.0 Å². The highest BCUT2D eigenvalue weighted by Gasteiger charge is 2.40. The fourth-order valence-electron chi connectivity index (χ4n) is 3.45. The fraction of sp³-hybridized carbons (Fsp3) is 0.588. The number of fused-ring (bicyclic) bond motifs is 1. The normalized spacial score (nSPS) is 24.6. The lowest BCUT2D eigenvalue weighted by molar-refractivity contribution is 0.105. The van der Waals surface area contributed by atoms with E-state index in [0.29, 0.717) is 12.0 Å². The van der Waals surface area contributed by atoms with Crippen molar-refractivity contribution in [3.05, 3.63) is 29.6 Å². The van der Waals surface area contributed by atoms with Crippen molar-refractivity contribution in [3.63, 3.8) is 0 Å². The minimum Gasteiger partial charge on any atom is -0.341 e. The van der Waals surface area contributed by atoms with Crippen LogP contribution in [0.25, 0.3) is 11.0 Å². The minimum absolute atomic E-state index is 0.184. The zero-order valence-corrected chi connectivity index (χ0v) is 13.2. The van der Waals surface area contributed by atoms with Crippen LogP contribution in [0.2, 0.25) is 0 Å². The highest BCUT2D eigenvalue weighted by atomic mass is 15.3. The van der Waals surface area contributed by atoms with Crippen LogP contribution in [0.4, 0.5) is 0 Å². The maximum absolute atomic E-state index is 4.91. The van der Waals surface area contributed by atoms with Crippen molar-refractivity contribution in [3.8, 4) is 0 Å². The number of likely N-dealkylation sites (tertiary alicyclic amines) is 1. The predicted octanol–water partition coefficient (Wildman–Crippen LogP) is 4.05. The number of nitrogens with one attached hydrogen (secondary N) is 1. The number of rotatable bonds is 1. The molecule has 2 atom stereocenters. The molecule has 1 fully saturated rings. The van der Waals surface area contributed by atoms with E-state index in [1.165, 1.54) is 12.0 Å². The highest BCUT2D eigenvalue weighted by molar-refractivity contribution is 5.78. The van der Waals surface area contributed by atoms with Gasteiger partial charge in [-0.05, 0) is 58.2 Å². The summed E-state index contributed by atoms with van der Waals surface area (Å²) in [6.07, 6.45) is 1.25. The number of benzene rings is 1. The largest absolute Gasteiger partial charge is 0.341 e. The molecular weight excluding hydrogens is 246 g/mol. The van der Waals surface area contributed by atoms with Gasteiger partial charge in [0, 0.05) is 5.54 Å². The van der Waals surface area contributed by atoms with Crippen molar-refractivity contribution in [1.82, 2.24) is 14.9 Å². The topological polar surface area (TPSA) is 31.9 Å². The molecule has 0 unspecified atom stereocenters. The molecule has 3 nitrogen and oxygen atoms in total. The van der Waals surface area contributed by atoms with Crippen LogP contribution in [-0.2, 0) is 0 Å². The zero-order valence-electron chi connectivity index (χ0n) is 13.2. The summed E-state index contributed by atoms with van der Waals surface area (Å²) in [6, 6.07) is 6.76. The molecule has 0 radical (unpaired) electrons. The summed E-state index contributed by atoms with van der Waals surface area (Å²) in [5.74, 6) is 1.78. The van der Waals surface area contributed by atoms with Gasteiger partial charge in [-0.25, -0.2) is 4.98 Å². The maximum Gasteiger partial charge on any atom is 0.124 e. The first-order valence-electron chi connectivity index (χ1n) is 7.60. The van der Waals surface area contributed by atoms with E-state index in [9.17, 15) is 0 Å². The zero-order chi connectivity index (χ0) is 14.5. The Bertz CT molecular complexity index is 621. The second-order valence-electron chi connectivity index (χ2n) is 7.17. The Hall–Kier alpha value is -1.35. The summed E-state index contributed by atoms with van der Waals surface area (Å²) in [5, 5.41) is 0. The molecule has 1 saturated heterocycles. The number of aromatic nitrogens is 2. The highest BCUT2D eigenvalue weighted by Crippen LogP contribution is 2.40. The average Bonchev–Trinajstić information content (AvgIpc) is 2.92. The van der Waals surface area contributed by atoms with Gasteiger partial charge in [0.05, 0.1) is 17.1 Å². The Morgan fingerprint density at radius 3 is 2.70 bits per heavy atom. The van der Waals surface area contributed by atoms with E-state index >= 15 is 0 Å². The van der Waals surface area contributed by atoms with Crippen LogP contribution < -0.4 is 0 Å². The molecular formula is C17H25N3. The lowest BCUT2D eigenvalue weighted by Crippen LogP contribution is -2.41. The summed E-state index contributed by atoms with van der Waals surface area (Å²) in [6.45, 7) is 12.5. The number of nitrogens with zero attached hydrogens (tertiary/aromatic N) is 2. The van der Waals surface area contributed by atoms with Gasteiger partial charge in [-0.2, -0.15) is 0 Å². The van der Waals surface area contributed by atoms with E-state index in [2.05, 4.69) is 62.7 Å². The molecule has 108 valence electrons. The Balaban J connectivity index is 2.06. The third-order valence-corrected chi connectivity index (χ3v) is 4.57. The first-order chi connectivity index (χ1) is 9.38. The van der Waals surface area contributed by atoms with Gasteiger partial charge in [-0.15, -0.1) is 0 Å². The summed E-state index contributed by atoms with van der Waals surface area (Å²) in [5.41, 5.74) is 3.71. The van der Waals surface area contributed by atoms with Crippen molar-refractivity contribution >= 4 is 11.0 Å². The summed E-state index contributed by atoms with van der Waals surface area (Å²) in [7, 11) is 0. The first kappa shape index (κ1) is 13.6. The van der Waals surface area contributed by atoms with E-state index in [4.69, 9.17) is 4.98 Å². The maximum atomic E-state index is 4.91. The number of hydrogen-bond donors (Lipinski definition) is 1. The quantitative estimate of drug-likeness (QED) is 0.848. The smallest absolute Gasteiger partial charge is 0.124 e. The third kappa shape index (κ3) is 2.14. The van der Waals surface area contributed by atoms with E-state index in [-0.39, 0.29) is 5.54 Å². The van der Waals surface area contributed by atoms with Crippen molar-refractivity contribution in [2.75, 3.05) is 6.54 Å². The van der Waals surface area contributed by atoms with Gasteiger partial charge >= 0.3 is 0 Å². The Morgan fingerprint density at radius 1 is 1.30 bits per heavy atom. The summed E-state index contributed by atoms with van der Waals surface area (Å²) in [4.78, 5) is 11.1. The van der Waals surface area contributed by atoms with Crippen LogP contribution in [0, 0.1) is 12.8 Å². The standard InChI is InChI=1S/C17H25N3/c1-11-7-6-8-13-14(11)19-16(18-13)15-12(2)9-10-20(15)17(3,4)5/h6-8,12,15H,9-10H2,1-5H3,(H,18,19)/t12-,15-/m0/s1. The predicted molar refractivity (Wildman–Crippen MR) is 83.8 cm³/mol. The molecule has 2 heterocycles. The molecule has 1 aromatic heterocycles. The van der Waals surface area contributed by atoms with Gasteiger partial charge in [0.25, 0.3) is 0 Å². The second kappa shape index (κ2) is 4.59. The number of aromatic amines is 1. The molecule has 3 rings (SSSR count). The van der Waals surface area contributed by atoms with Gasteiger partial charge in [0.1, 0.15) is 5.82 Å². The summed E-state index contributed by atoms with van der Waals surface area (Å²) >= 11 is 0. The molecule has 0 bridgehead atoms. The molecule has 1 aliphatic heterocycles. The van der Waals surface area contributed by atoms with Crippen LogP contribution >= 0.6 is 0 Å². The first-order valence-corrected chi connectivity index (χ1v) is 7.60. The lowest BCUT2D eigenvalue weighted by atomic mass is 9.99. The molecule has 0 aliphatic carbocycles. The number of H-pyrrole nitrogens is 1. The monoisotopic (exact) mass is 271 g/mol. The molecule has 1 aliphatic rings. The SMILES string of the molecule is Cc1cccc2[nH]c([C@@H]3[C@@H](C)CCN3C(C)(C)C)nc12. The Kier molecular flexibility index (Phi) is 3.13. The number of para-hydroxylation sites is 1. The number of imidazole rings is 1. The minimum atomic E-state index is 0.184. The third-order valence-electron chi connectivity index (χ3n) is 4.57. The Morgan fingerprint density at radius 2 is 2.05 bits per heavy atom. The second-order valence-corrected chi connectivity index (χ2v) is 7.17. The molecule has 0 spiro atoms. The van der Waals surface area contributed by atoms with Gasteiger partial charge in [0.15, 0.2) is 0 Å². The molecule has 1 N–H and O–H groups in total. The molecule has 1 aromatic carbocycles. The summed E-state index contributed by atoms with van der Waals surface area (Å²) < 4.78 is 0. The average molecular weight is 271 g/mol. The van der Waals surface area contributed by atoms with Crippen molar-refractivity contribution in [2.45, 2.75) is 52.6 Å². The molecule has 2 aromatic rings. The van der Waals surface area contributed by atoms with E-state index in [1.807, 2.05) is 0 Å². The van der Waals surface area contributed by atoms with Crippen molar-refractivity contribution < 1.29 is 0 Å². The van der Waals surface area contributed by atoms with Gasteiger partial charge in [0.2, 0.25) is 0 Å². The van der Waals surface area contributed by atoms with E-state index in [0.717, 1.165) is 23.4 Å².